The lowest BCUT2D eigenvalue weighted by Crippen LogP contribution is -2.26. The lowest BCUT2D eigenvalue weighted by atomic mass is 9.97. The summed E-state index contributed by atoms with van der Waals surface area (Å²) in [5.41, 5.74) is 3.67. The molecule has 0 fully saturated rings. The minimum absolute atomic E-state index is 0.108. The number of carbonyl (C=O) groups excluding carboxylic acids is 1. The fourth-order valence-corrected chi connectivity index (χ4v) is 3.01. The van der Waals surface area contributed by atoms with Crippen LogP contribution in [-0.4, -0.2) is 17.4 Å². The van der Waals surface area contributed by atoms with Crippen molar-refractivity contribution in [2.45, 2.75) is 38.5 Å². The summed E-state index contributed by atoms with van der Waals surface area (Å²) in [5, 5.41) is 4.18. The monoisotopic (exact) mass is 282 g/mol. The summed E-state index contributed by atoms with van der Waals surface area (Å²) in [5.74, 6) is 0.108. The summed E-state index contributed by atoms with van der Waals surface area (Å²) in [6.45, 7) is 0.757. The summed E-state index contributed by atoms with van der Waals surface area (Å²) >= 11 is 0. The van der Waals surface area contributed by atoms with Gasteiger partial charge in [0.25, 0.3) is 0 Å². The van der Waals surface area contributed by atoms with E-state index in [2.05, 4.69) is 22.4 Å². The minimum Gasteiger partial charge on any atom is -0.361 e. The molecular formula is C18H22N2O. The fourth-order valence-electron chi connectivity index (χ4n) is 3.01. The molecule has 1 heterocycles. The number of hydrogen-bond donors (Lipinski definition) is 2. The van der Waals surface area contributed by atoms with Gasteiger partial charge in [0.05, 0.1) is 6.42 Å². The van der Waals surface area contributed by atoms with E-state index in [1.54, 1.807) is 0 Å². The quantitative estimate of drug-likeness (QED) is 0.807. The highest BCUT2D eigenvalue weighted by Gasteiger charge is 2.09. The second-order valence-electron chi connectivity index (χ2n) is 5.74. The Morgan fingerprint density at radius 1 is 1.24 bits per heavy atom. The Balaban J connectivity index is 1.51. The summed E-state index contributed by atoms with van der Waals surface area (Å²) in [7, 11) is 0. The van der Waals surface area contributed by atoms with Gasteiger partial charge in [0.1, 0.15) is 0 Å². The van der Waals surface area contributed by atoms with E-state index in [4.69, 9.17) is 0 Å². The predicted octanol–water partition coefficient (Wildman–Crippen LogP) is 3.72. The van der Waals surface area contributed by atoms with Gasteiger partial charge >= 0.3 is 0 Å². The molecule has 0 spiro atoms. The standard InChI is InChI=1S/C18H22N2O/c21-18(19-11-10-14-6-2-1-3-7-14)12-15-13-20-17-9-5-4-8-16(15)17/h4-6,8-9,13,20H,1-3,7,10-12H2,(H,19,21). The molecule has 1 amide bonds. The zero-order valence-corrected chi connectivity index (χ0v) is 12.3. The summed E-state index contributed by atoms with van der Waals surface area (Å²) in [6.07, 6.45) is 10.8. The number of rotatable bonds is 5. The van der Waals surface area contributed by atoms with E-state index >= 15 is 0 Å². The molecule has 1 aromatic heterocycles. The molecule has 0 unspecified atom stereocenters. The Hall–Kier alpha value is -2.03. The first-order valence-corrected chi connectivity index (χ1v) is 7.82. The first-order valence-electron chi connectivity index (χ1n) is 7.82. The minimum atomic E-state index is 0.108. The van der Waals surface area contributed by atoms with E-state index in [9.17, 15) is 4.79 Å². The van der Waals surface area contributed by atoms with Crippen LogP contribution >= 0.6 is 0 Å². The molecule has 21 heavy (non-hydrogen) atoms. The average molecular weight is 282 g/mol. The second kappa shape index (κ2) is 6.61. The molecular weight excluding hydrogens is 260 g/mol. The van der Waals surface area contributed by atoms with Crippen molar-refractivity contribution >= 4 is 16.8 Å². The van der Waals surface area contributed by atoms with Crippen molar-refractivity contribution in [2.75, 3.05) is 6.54 Å². The normalized spacial score (nSPS) is 15.0. The Morgan fingerprint density at radius 2 is 2.14 bits per heavy atom. The largest absolute Gasteiger partial charge is 0.361 e. The van der Waals surface area contributed by atoms with Crippen LogP contribution in [0.3, 0.4) is 0 Å². The van der Waals surface area contributed by atoms with E-state index in [0.717, 1.165) is 29.4 Å². The molecule has 3 nitrogen and oxygen atoms in total. The molecule has 3 rings (SSSR count). The number of fused-ring (bicyclic) bond motifs is 1. The first-order chi connectivity index (χ1) is 10.3. The van der Waals surface area contributed by atoms with Gasteiger partial charge in [0.2, 0.25) is 5.91 Å². The van der Waals surface area contributed by atoms with Gasteiger partial charge in [-0.25, -0.2) is 0 Å². The van der Waals surface area contributed by atoms with E-state index in [1.165, 1.54) is 31.3 Å². The third-order valence-electron chi connectivity index (χ3n) is 4.18. The maximum Gasteiger partial charge on any atom is 0.224 e. The van der Waals surface area contributed by atoms with E-state index in [-0.39, 0.29) is 5.91 Å². The zero-order chi connectivity index (χ0) is 14.5. The Labute approximate surface area is 125 Å². The zero-order valence-electron chi connectivity index (χ0n) is 12.3. The van der Waals surface area contributed by atoms with Crippen molar-refractivity contribution in [3.8, 4) is 0 Å². The summed E-state index contributed by atoms with van der Waals surface area (Å²) in [4.78, 5) is 15.3. The van der Waals surface area contributed by atoms with Gasteiger partial charge < -0.3 is 10.3 Å². The van der Waals surface area contributed by atoms with Crippen LogP contribution in [0, 0.1) is 0 Å². The van der Waals surface area contributed by atoms with Gasteiger partial charge in [0.15, 0.2) is 0 Å². The van der Waals surface area contributed by atoms with Crippen molar-refractivity contribution in [3.63, 3.8) is 0 Å². The molecule has 0 bridgehead atoms. The van der Waals surface area contributed by atoms with E-state index < -0.39 is 0 Å². The molecule has 1 aromatic carbocycles. The number of amides is 1. The van der Waals surface area contributed by atoms with Gasteiger partial charge in [-0.2, -0.15) is 0 Å². The molecule has 0 radical (unpaired) electrons. The van der Waals surface area contributed by atoms with Crippen LogP contribution in [0.25, 0.3) is 10.9 Å². The van der Waals surface area contributed by atoms with Gasteiger partial charge in [-0.05, 0) is 43.7 Å². The van der Waals surface area contributed by atoms with Gasteiger partial charge in [-0.1, -0.05) is 29.8 Å². The average Bonchev–Trinajstić information content (AvgIpc) is 2.92. The number of para-hydroxylation sites is 1. The second-order valence-corrected chi connectivity index (χ2v) is 5.74. The van der Waals surface area contributed by atoms with Crippen molar-refractivity contribution in [2.24, 2.45) is 0 Å². The Bertz CT molecular complexity index is 654. The predicted molar refractivity (Wildman–Crippen MR) is 86.2 cm³/mol. The van der Waals surface area contributed by atoms with Crippen LogP contribution in [0.1, 0.15) is 37.7 Å². The highest BCUT2D eigenvalue weighted by molar-refractivity contribution is 5.88. The Kier molecular flexibility index (Phi) is 4.39. The van der Waals surface area contributed by atoms with Crippen LogP contribution < -0.4 is 5.32 Å². The molecule has 0 saturated heterocycles. The van der Waals surface area contributed by atoms with Gasteiger partial charge in [0, 0.05) is 23.6 Å². The number of benzene rings is 1. The van der Waals surface area contributed by atoms with Crippen LogP contribution in [0.2, 0.25) is 0 Å². The smallest absolute Gasteiger partial charge is 0.224 e. The topological polar surface area (TPSA) is 44.9 Å². The van der Waals surface area contributed by atoms with E-state index in [1.807, 2.05) is 24.4 Å². The molecule has 2 aromatic rings. The molecule has 2 N–H and O–H groups in total. The van der Waals surface area contributed by atoms with Crippen molar-refractivity contribution in [3.05, 3.63) is 47.7 Å². The lowest BCUT2D eigenvalue weighted by molar-refractivity contribution is -0.120. The van der Waals surface area contributed by atoms with Crippen LogP contribution in [0.5, 0.6) is 0 Å². The molecule has 0 aliphatic heterocycles. The number of H-pyrrole nitrogens is 1. The Morgan fingerprint density at radius 3 is 3.00 bits per heavy atom. The number of nitrogens with one attached hydrogen (secondary N) is 2. The summed E-state index contributed by atoms with van der Waals surface area (Å²) in [6, 6.07) is 8.10. The first kappa shape index (κ1) is 13.9. The third-order valence-corrected chi connectivity index (χ3v) is 4.18. The third kappa shape index (κ3) is 3.54. The SMILES string of the molecule is O=C(Cc1c[nH]c2ccccc12)NCCC1=CCCCC1. The highest BCUT2D eigenvalue weighted by atomic mass is 16.1. The van der Waals surface area contributed by atoms with Crippen molar-refractivity contribution in [1.29, 1.82) is 0 Å². The summed E-state index contributed by atoms with van der Waals surface area (Å²) < 4.78 is 0. The number of aromatic amines is 1. The maximum atomic E-state index is 12.1. The molecule has 1 aliphatic rings. The number of hydrogen-bond acceptors (Lipinski definition) is 1. The van der Waals surface area contributed by atoms with Crippen molar-refractivity contribution < 1.29 is 4.79 Å². The van der Waals surface area contributed by atoms with Crippen LogP contribution in [-0.2, 0) is 11.2 Å². The van der Waals surface area contributed by atoms with Gasteiger partial charge in [-0.3, -0.25) is 4.79 Å². The molecule has 110 valence electrons. The molecule has 3 heteroatoms. The van der Waals surface area contributed by atoms with E-state index in [0.29, 0.717) is 6.42 Å². The lowest BCUT2D eigenvalue weighted by Gasteiger charge is -2.12. The number of allylic oxidation sites excluding steroid dienone is 1. The highest BCUT2D eigenvalue weighted by Crippen LogP contribution is 2.20. The fraction of sp³-hybridized carbons (Fsp3) is 0.389. The molecule has 0 saturated carbocycles. The van der Waals surface area contributed by atoms with Crippen LogP contribution in [0.4, 0.5) is 0 Å². The maximum absolute atomic E-state index is 12.1. The van der Waals surface area contributed by atoms with Crippen molar-refractivity contribution in [1.82, 2.24) is 10.3 Å². The number of carbonyl (C=O) groups is 1. The van der Waals surface area contributed by atoms with Gasteiger partial charge in [-0.15, -0.1) is 0 Å². The molecule has 1 aliphatic carbocycles. The van der Waals surface area contributed by atoms with Crippen LogP contribution in [0.15, 0.2) is 42.1 Å². The number of aromatic nitrogens is 1. The molecule has 0 atom stereocenters.